The zero-order valence-electron chi connectivity index (χ0n) is 7.93. The highest BCUT2D eigenvalue weighted by Gasteiger charge is 2.03. The fourth-order valence-electron chi connectivity index (χ4n) is 1.30. The summed E-state index contributed by atoms with van der Waals surface area (Å²) in [5.41, 5.74) is 3.06. The first kappa shape index (κ1) is 10.3. The number of aryl methyl sites for hydroxylation is 1. The van der Waals surface area contributed by atoms with Gasteiger partial charge in [-0.2, -0.15) is 0 Å². The van der Waals surface area contributed by atoms with Crippen molar-refractivity contribution in [2.45, 2.75) is 26.1 Å². The Kier molecular flexibility index (Phi) is 3.49. The number of ketones is 1. The summed E-state index contributed by atoms with van der Waals surface area (Å²) in [7, 11) is 0. The molecule has 13 heavy (non-hydrogen) atoms. The van der Waals surface area contributed by atoms with Crippen LogP contribution in [-0.2, 0) is 12.3 Å². The number of hydrogen-bond donors (Lipinski definition) is 0. The van der Waals surface area contributed by atoms with Crippen LogP contribution in [0.2, 0.25) is 0 Å². The second-order valence-electron chi connectivity index (χ2n) is 3.03. The van der Waals surface area contributed by atoms with Crippen molar-refractivity contribution < 1.29 is 4.79 Å². The van der Waals surface area contributed by atoms with Gasteiger partial charge in [0.25, 0.3) is 0 Å². The van der Waals surface area contributed by atoms with Gasteiger partial charge in [-0.1, -0.05) is 19.1 Å². The number of hydrogen-bond acceptors (Lipinski definition) is 1. The summed E-state index contributed by atoms with van der Waals surface area (Å²) in [6, 6.07) is 5.70. The highest BCUT2D eigenvalue weighted by molar-refractivity contribution is 6.17. The van der Waals surface area contributed by atoms with Crippen LogP contribution in [-0.4, -0.2) is 5.78 Å². The molecule has 0 amide bonds. The smallest absolute Gasteiger partial charge is 0.159 e. The Balaban J connectivity index is 3.13. The highest BCUT2D eigenvalue weighted by atomic mass is 35.5. The lowest BCUT2D eigenvalue weighted by Crippen LogP contribution is -1.96. The van der Waals surface area contributed by atoms with Gasteiger partial charge in [0, 0.05) is 11.4 Å². The molecule has 0 atom stereocenters. The molecule has 0 aliphatic carbocycles. The first-order chi connectivity index (χ1) is 6.19. The van der Waals surface area contributed by atoms with Crippen LogP contribution in [0.1, 0.15) is 35.3 Å². The molecule has 0 saturated heterocycles. The third-order valence-corrected chi connectivity index (χ3v) is 2.43. The van der Waals surface area contributed by atoms with E-state index in [-0.39, 0.29) is 5.78 Å². The minimum absolute atomic E-state index is 0.107. The Labute approximate surface area is 83.7 Å². The zero-order chi connectivity index (χ0) is 9.84. The van der Waals surface area contributed by atoms with Crippen molar-refractivity contribution in [1.82, 2.24) is 0 Å². The lowest BCUT2D eigenvalue weighted by Gasteiger charge is -2.05. The summed E-state index contributed by atoms with van der Waals surface area (Å²) < 4.78 is 0. The molecule has 1 nitrogen and oxygen atoms in total. The molecule has 0 radical (unpaired) electrons. The highest BCUT2D eigenvalue weighted by Crippen LogP contribution is 2.15. The summed E-state index contributed by atoms with van der Waals surface area (Å²) in [5.74, 6) is 0.622. The van der Waals surface area contributed by atoms with Crippen molar-refractivity contribution in [2.75, 3.05) is 0 Å². The van der Waals surface area contributed by atoms with Crippen LogP contribution in [0.3, 0.4) is 0 Å². The molecule has 1 rings (SSSR count). The Bertz CT molecular complexity index is 318. The van der Waals surface area contributed by atoms with Gasteiger partial charge in [-0.15, -0.1) is 11.6 Å². The second kappa shape index (κ2) is 4.43. The maximum Gasteiger partial charge on any atom is 0.159 e. The minimum atomic E-state index is 0.107. The van der Waals surface area contributed by atoms with Crippen molar-refractivity contribution in [3.05, 3.63) is 34.9 Å². The quantitative estimate of drug-likeness (QED) is 0.536. The van der Waals surface area contributed by atoms with Gasteiger partial charge in [0.1, 0.15) is 0 Å². The summed E-state index contributed by atoms with van der Waals surface area (Å²) in [6.45, 7) is 3.64. The monoisotopic (exact) mass is 196 g/mol. The molecular formula is C11H13ClO. The molecular weight excluding hydrogens is 184 g/mol. The first-order valence-corrected chi connectivity index (χ1v) is 4.91. The van der Waals surface area contributed by atoms with Gasteiger partial charge in [0.15, 0.2) is 5.78 Å². The summed E-state index contributed by atoms with van der Waals surface area (Å²) in [4.78, 5) is 11.1. The maximum atomic E-state index is 11.1. The third-order valence-electron chi connectivity index (χ3n) is 2.14. The molecule has 1 aromatic carbocycles. The predicted octanol–water partition coefficient (Wildman–Crippen LogP) is 3.19. The number of Topliss-reactive ketones (excluding diaryl/α,β-unsaturated/α-hetero) is 1. The molecule has 2 heteroatoms. The van der Waals surface area contributed by atoms with Crippen molar-refractivity contribution in [1.29, 1.82) is 0 Å². The van der Waals surface area contributed by atoms with E-state index in [0.717, 1.165) is 17.5 Å². The molecule has 0 N–H and O–H groups in total. The van der Waals surface area contributed by atoms with Crippen LogP contribution < -0.4 is 0 Å². The van der Waals surface area contributed by atoms with Crippen molar-refractivity contribution in [2.24, 2.45) is 0 Å². The number of benzene rings is 1. The number of carbonyl (C=O) groups excluding carboxylic acids is 1. The van der Waals surface area contributed by atoms with Gasteiger partial charge in [0.05, 0.1) is 0 Å². The molecule has 0 spiro atoms. The largest absolute Gasteiger partial charge is 0.295 e. The van der Waals surface area contributed by atoms with Gasteiger partial charge < -0.3 is 0 Å². The Morgan fingerprint density at radius 3 is 2.54 bits per heavy atom. The number of halogens is 1. The number of alkyl halides is 1. The van der Waals surface area contributed by atoms with Crippen molar-refractivity contribution in [3.8, 4) is 0 Å². The normalized spacial score (nSPS) is 10.1. The van der Waals surface area contributed by atoms with Crippen LogP contribution in [0.5, 0.6) is 0 Å². The van der Waals surface area contributed by atoms with E-state index in [0.29, 0.717) is 5.88 Å². The maximum absolute atomic E-state index is 11.1. The fourth-order valence-corrected chi connectivity index (χ4v) is 1.57. The van der Waals surface area contributed by atoms with Gasteiger partial charge in [-0.25, -0.2) is 0 Å². The number of rotatable bonds is 3. The summed E-state index contributed by atoms with van der Waals surface area (Å²) in [6.07, 6.45) is 0.920. The van der Waals surface area contributed by atoms with Crippen LogP contribution in [0.25, 0.3) is 0 Å². The van der Waals surface area contributed by atoms with E-state index >= 15 is 0 Å². The Morgan fingerprint density at radius 1 is 1.38 bits per heavy atom. The van der Waals surface area contributed by atoms with E-state index in [1.807, 2.05) is 18.2 Å². The molecule has 0 heterocycles. The molecule has 0 fully saturated rings. The molecule has 0 unspecified atom stereocenters. The molecule has 0 aromatic heterocycles. The van der Waals surface area contributed by atoms with E-state index in [2.05, 4.69) is 6.92 Å². The van der Waals surface area contributed by atoms with Crippen LogP contribution >= 0.6 is 11.6 Å². The van der Waals surface area contributed by atoms with Crippen molar-refractivity contribution in [3.63, 3.8) is 0 Å². The average Bonchev–Trinajstić information content (AvgIpc) is 2.16. The number of carbonyl (C=O) groups is 1. The molecule has 0 bridgehead atoms. The van der Waals surface area contributed by atoms with E-state index in [9.17, 15) is 4.79 Å². The molecule has 0 saturated carbocycles. The zero-order valence-corrected chi connectivity index (χ0v) is 8.69. The molecule has 1 aromatic rings. The van der Waals surface area contributed by atoms with Crippen molar-refractivity contribution >= 4 is 17.4 Å². The fraction of sp³-hybridized carbons (Fsp3) is 0.364. The Morgan fingerprint density at radius 2 is 2.08 bits per heavy atom. The minimum Gasteiger partial charge on any atom is -0.295 e. The van der Waals surface area contributed by atoms with Crippen LogP contribution in [0, 0.1) is 0 Å². The standard InChI is InChI=1S/C11H13ClO/c1-3-9-6-10(8(2)13)4-5-11(9)7-12/h4-6H,3,7H2,1-2H3. The first-order valence-electron chi connectivity index (χ1n) is 4.37. The summed E-state index contributed by atoms with van der Waals surface area (Å²) >= 11 is 5.76. The lowest BCUT2D eigenvalue weighted by atomic mass is 10.0. The second-order valence-corrected chi connectivity index (χ2v) is 3.29. The van der Waals surface area contributed by atoms with E-state index < -0.39 is 0 Å². The Hall–Kier alpha value is -0.820. The predicted molar refractivity (Wildman–Crippen MR) is 55.4 cm³/mol. The van der Waals surface area contributed by atoms with E-state index in [1.165, 1.54) is 5.56 Å². The third kappa shape index (κ3) is 2.31. The van der Waals surface area contributed by atoms with Gasteiger partial charge in [-0.05, 0) is 30.5 Å². The van der Waals surface area contributed by atoms with Crippen LogP contribution in [0.4, 0.5) is 0 Å². The molecule has 70 valence electrons. The summed E-state index contributed by atoms with van der Waals surface area (Å²) in [5, 5.41) is 0. The van der Waals surface area contributed by atoms with Gasteiger partial charge >= 0.3 is 0 Å². The van der Waals surface area contributed by atoms with Gasteiger partial charge in [-0.3, -0.25) is 4.79 Å². The average molecular weight is 197 g/mol. The van der Waals surface area contributed by atoms with Crippen LogP contribution in [0.15, 0.2) is 18.2 Å². The van der Waals surface area contributed by atoms with E-state index in [4.69, 9.17) is 11.6 Å². The van der Waals surface area contributed by atoms with Gasteiger partial charge in [0.2, 0.25) is 0 Å². The molecule has 0 aliphatic heterocycles. The SMILES string of the molecule is CCc1cc(C(C)=O)ccc1CCl. The topological polar surface area (TPSA) is 17.1 Å². The molecule has 0 aliphatic rings. The van der Waals surface area contributed by atoms with E-state index in [1.54, 1.807) is 6.92 Å². The lowest BCUT2D eigenvalue weighted by molar-refractivity contribution is 0.101.